The third kappa shape index (κ3) is 2.94. The van der Waals surface area contributed by atoms with Crippen molar-refractivity contribution in [3.05, 3.63) is 50.6 Å². The first-order chi connectivity index (χ1) is 8.61. The molecule has 2 aromatic rings. The molecule has 2 rings (SSSR count). The van der Waals surface area contributed by atoms with Gasteiger partial charge in [-0.25, -0.2) is 0 Å². The van der Waals surface area contributed by atoms with Crippen molar-refractivity contribution < 1.29 is 0 Å². The van der Waals surface area contributed by atoms with E-state index < -0.39 is 0 Å². The van der Waals surface area contributed by atoms with Crippen LogP contribution in [0.25, 0.3) is 0 Å². The van der Waals surface area contributed by atoms with Gasteiger partial charge in [0.2, 0.25) is 0 Å². The third-order valence-corrected chi connectivity index (χ3v) is 4.62. The molecule has 0 amide bonds. The highest BCUT2D eigenvalue weighted by Crippen LogP contribution is 2.30. The highest BCUT2D eigenvalue weighted by atomic mass is 79.9. The summed E-state index contributed by atoms with van der Waals surface area (Å²) >= 11 is 5.33. The molecule has 0 saturated carbocycles. The van der Waals surface area contributed by atoms with E-state index in [-0.39, 0.29) is 0 Å². The van der Waals surface area contributed by atoms with Crippen LogP contribution in [0.5, 0.6) is 0 Å². The number of nitrogens with zero attached hydrogens (tertiary/aromatic N) is 1. The maximum atomic E-state index is 5.72. The van der Waals surface area contributed by atoms with Crippen molar-refractivity contribution in [3.8, 4) is 0 Å². The molecule has 96 valence electrons. The maximum Gasteiger partial charge on any atom is 0.0603 e. The number of benzene rings is 1. The Bertz CT molecular complexity index is 511. The Balaban J connectivity index is 2.28. The smallest absolute Gasteiger partial charge is 0.0603 e. The first-order valence-electron chi connectivity index (χ1n) is 5.87. The summed E-state index contributed by atoms with van der Waals surface area (Å²) in [5, 5.41) is 2.12. The van der Waals surface area contributed by atoms with Gasteiger partial charge in [-0.2, -0.15) is 0 Å². The summed E-state index contributed by atoms with van der Waals surface area (Å²) in [4.78, 5) is 3.64. The minimum absolute atomic E-state index is 0.366. The van der Waals surface area contributed by atoms with E-state index in [2.05, 4.69) is 70.5 Å². The lowest BCUT2D eigenvalue weighted by Gasteiger charge is -2.27. The summed E-state index contributed by atoms with van der Waals surface area (Å²) in [6.45, 7) is 2.78. The molecule has 4 heteroatoms. The molecule has 0 saturated heterocycles. The molecule has 0 bridgehead atoms. The van der Waals surface area contributed by atoms with Crippen LogP contribution >= 0.6 is 27.3 Å². The Morgan fingerprint density at radius 3 is 2.78 bits per heavy atom. The number of nitrogens with two attached hydrogens (primary N) is 1. The molecule has 1 heterocycles. The van der Waals surface area contributed by atoms with Crippen LogP contribution in [0.4, 0.5) is 5.69 Å². The molecule has 1 atom stereocenters. The summed E-state index contributed by atoms with van der Waals surface area (Å²) in [7, 11) is 2.12. The van der Waals surface area contributed by atoms with E-state index in [1.54, 1.807) is 11.3 Å². The Kier molecular flexibility index (Phi) is 4.43. The average molecular weight is 325 g/mol. The molecule has 0 aliphatic rings. The van der Waals surface area contributed by atoms with Gasteiger partial charge in [0.1, 0.15) is 0 Å². The summed E-state index contributed by atoms with van der Waals surface area (Å²) in [5.41, 5.74) is 8.05. The monoisotopic (exact) mass is 324 g/mol. The second-order valence-corrected chi connectivity index (χ2v) is 6.22. The van der Waals surface area contributed by atoms with E-state index in [1.807, 2.05) is 0 Å². The van der Waals surface area contributed by atoms with E-state index in [0.717, 1.165) is 10.0 Å². The van der Waals surface area contributed by atoms with Crippen LogP contribution in [-0.4, -0.2) is 7.05 Å². The Labute approximate surface area is 121 Å². The van der Waals surface area contributed by atoms with Crippen molar-refractivity contribution >= 4 is 33.0 Å². The van der Waals surface area contributed by atoms with Crippen LogP contribution in [0.2, 0.25) is 0 Å². The first kappa shape index (κ1) is 13.6. The molecular formula is C14H17BrN2S. The lowest BCUT2D eigenvalue weighted by atomic mass is 10.1. The van der Waals surface area contributed by atoms with Gasteiger partial charge < -0.3 is 10.6 Å². The number of halogens is 1. The number of thiophene rings is 1. The predicted octanol–water partition coefficient (Wildman–Crippen LogP) is 4.17. The highest BCUT2D eigenvalue weighted by Gasteiger charge is 2.14. The van der Waals surface area contributed by atoms with Crippen molar-refractivity contribution in [1.82, 2.24) is 0 Å². The molecule has 2 nitrogen and oxygen atoms in total. The topological polar surface area (TPSA) is 29.3 Å². The van der Waals surface area contributed by atoms with Crippen molar-refractivity contribution in [2.24, 2.45) is 5.73 Å². The zero-order valence-electron chi connectivity index (χ0n) is 10.6. The van der Waals surface area contributed by atoms with E-state index in [4.69, 9.17) is 5.73 Å². The van der Waals surface area contributed by atoms with Gasteiger partial charge in [0.15, 0.2) is 0 Å². The third-order valence-electron chi connectivity index (χ3n) is 3.12. The fraction of sp³-hybridized carbons (Fsp3) is 0.286. The van der Waals surface area contributed by atoms with Gasteiger partial charge >= 0.3 is 0 Å². The maximum absolute atomic E-state index is 5.72. The number of anilines is 1. The van der Waals surface area contributed by atoms with Crippen molar-refractivity contribution in [3.63, 3.8) is 0 Å². The van der Waals surface area contributed by atoms with Gasteiger partial charge in [-0.1, -0.05) is 22.0 Å². The summed E-state index contributed by atoms with van der Waals surface area (Å²) in [6, 6.07) is 11.0. The van der Waals surface area contributed by atoms with Crippen molar-refractivity contribution in [1.29, 1.82) is 0 Å². The normalized spacial score (nSPS) is 12.4. The predicted molar refractivity (Wildman–Crippen MR) is 83.2 cm³/mol. The average Bonchev–Trinajstić information content (AvgIpc) is 2.90. The quantitative estimate of drug-likeness (QED) is 0.914. The fourth-order valence-electron chi connectivity index (χ4n) is 1.90. The zero-order valence-corrected chi connectivity index (χ0v) is 13.0. The summed E-state index contributed by atoms with van der Waals surface area (Å²) in [6.07, 6.45) is 0. The number of rotatable bonds is 4. The van der Waals surface area contributed by atoms with E-state index in [9.17, 15) is 0 Å². The number of hydrogen-bond acceptors (Lipinski definition) is 3. The van der Waals surface area contributed by atoms with E-state index in [1.165, 1.54) is 10.6 Å². The summed E-state index contributed by atoms with van der Waals surface area (Å²) < 4.78 is 1.07. The Morgan fingerprint density at radius 2 is 2.17 bits per heavy atom. The van der Waals surface area contributed by atoms with Gasteiger partial charge in [0.25, 0.3) is 0 Å². The Hall–Kier alpha value is -0.840. The lowest BCUT2D eigenvalue weighted by molar-refractivity contribution is 0.753. The van der Waals surface area contributed by atoms with Crippen molar-refractivity contribution in [2.75, 3.05) is 11.9 Å². The molecular weight excluding hydrogens is 308 g/mol. The second kappa shape index (κ2) is 5.87. The second-order valence-electron chi connectivity index (χ2n) is 4.32. The summed E-state index contributed by atoms with van der Waals surface area (Å²) in [5.74, 6) is 0. The standard InChI is InChI=1S/C14H17BrN2S/c1-10(14-4-3-5-18-14)17(2)13-7-11(9-16)6-12(15)8-13/h3-8,10H,9,16H2,1-2H3. The van der Waals surface area contributed by atoms with Crippen LogP contribution < -0.4 is 10.6 Å². The first-order valence-corrected chi connectivity index (χ1v) is 7.55. The molecule has 0 aliphatic carbocycles. The van der Waals surface area contributed by atoms with E-state index >= 15 is 0 Å². The molecule has 0 spiro atoms. The largest absolute Gasteiger partial charge is 0.367 e. The van der Waals surface area contributed by atoms with Crippen molar-refractivity contribution in [2.45, 2.75) is 19.5 Å². The molecule has 0 radical (unpaired) electrons. The number of hydrogen-bond donors (Lipinski definition) is 1. The highest BCUT2D eigenvalue weighted by molar-refractivity contribution is 9.10. The minimum Gasteiger partial charge on any atom is -0.367 e. The molecule has 0 aliphatic heterocycles. The van der Waals surface area contributed by atoms with Gasteiger partial charge in [0, 0.05) is 28.6 Å². The lowest BCUT2D eigenvalue weighted by Crippen LogP contribution is -2.21. The zero-order chi connectivity index (χ0) is 13.1. The van der Waals surface area contributed by atoms with Crippen LogP contribution in [0, 0.1) is 0 Å². The Morgan fingerprint density at radius 1 is 1.39 bits per heavy atom. The van der Waals surface area contributed by atoms with Gasteiger partial charge in [0.05, 0.1) is 6.04 Å². The fourth-order valence-corrected chi connectivity index (χ4v) is 3.25. The van der Waals surface area contributed by atoms with Gasteiger partial charge in [-0.15, -0.1) is 11.3 Å². The van der Waals surface area contributed by atoms with Crippen LogP contribution in [0.1, 0.15) is 23.4 Å². The molecule has 1 aromatic heterocycles. The van der Waals surface area contributed by atoms with Gasteiger partial charge in [-0.05, 0) is 42.1 Å². The minimum atomic E-state index is 0.366. The van der Waals surface area contributed by atoms with Crippen LogP contribution in [0.3, 0.4) is 0 Å². The van der Waals surface area contributed by atoms with E-state index in [0.29, 0.717) is 12.6 Å². The van der Waals surface area contributed by atoms with Crippen LogP contribution in [-0.2, 0) is 6.54 Å². The SMILES string of the molecule is CC(c1cccs1)N(C)c1cc(Br)cc(CN)c1. The molecule has 1 aromatic carbocycles. The van der Waals surface area contributed by atoms with Gasteiger partial charge in [-0.3, -0.25) is 0 Å². The molecule has 0 fully saturated rings. The molecule has 2 N–H and O–H groups in total. The van der Waals surface area contributed by atoms with Crippen LogP contribution in [0.15, 0.2) is 40.2 Å². The molecule has 1 unspecified atom stereocenters. The molecule has 18 heavy (non-hydrogen) atoms.